The van der Waals surface area contributed by atoms with Crippen molar-refractivity contribution in [2.45, 2.75) is 24.4 Å². The zero-order valence-electron chi connectivity index (χ0n) is 17.8. The molecule has 0 aliphatic carbocycles. The van der Waals surface area contributed by atoms with Gasteiger partial charge in [0.15, 0.2) is 17.0 Å². The summed E-state index contributed by atoms with van der Waals surface area (Å²) in [5.41, 5.74) is 0.407. The summed E-state index contributed by atoms with van der Waals surface area (Å²) in [6.45, 7) is 6.37. The third-order valence-corrected chi connectivity index (χ3v) is 6.43. The average molecular weight is 458 g/mol. The normalized spacial score (nSPS) is 24.3. The van der Waals surface area contributed by atoms with E-state index in [4.69, 9.17) is 21.1 Å². The van der Waals surface area contributed by atoms with Gasteiger partial charge in [0.1, 0.15) is 6.61 Å². The third kappa shape index (κ3) is 3.22. The summed E-state index contributed by atoms with van der Waals surface area (Å²) >= 11 is 6.51. The summed E-state index contributed by atoms with van der Waals surface area (Å²) in [5, 5.41) is 15.6. The molecule has 0 unspecified atom stereocenters. The number of para-hydroxylation sites is 1. The molecule has 2 aromatic carbocycles. The van der Waals surface area contributed by atoms with Crippen molar-refractivity contribution in [1.29, 1.82) is 0 Å². The van der Waals surface area contributed by atoms with Crippen LogP contribution < -0.4 is 14.8 Å². The van der Waals surface area contributed by atoms with Crippen LogP contribution in [-0.2, 0) is 10.3 Å². The van der Waals surface area contributed by atoms with E-state index in [0.717, 1.165) is 0 Å². The summed E-state index contributed by atoms with van der Waals surface area (Å²) < 4.78 is 11.4. The fourth-order valence-corrected chi connectivity index (χ4v) is 5.20. The van der Waals surface area contributed by atoms with Gasteiger partial charge < -0.3 is 14.8 Å². The Morgan fingerprint density at radius 1 is 1.38 bits per heavy atom. The highest BCUT2D eigenvalue weighted by atomic mass is 35.5. The first-order chi connectivity index (χ1) is 15.4. The number of fused-ring (bicyclic) bond motifs is 2. The monoisotopic (exact) mass is 457 g/mol. The van der Waals surface area contributed by atoms with Crippen molar-refractivity contribution in [2.24, 2.45) is 0 Å². The number of halogens is 1. The number of hydrogen-bond acceptors (Lipinski definition) is 6. The van der Waals surface area contributed by atoms with Crippen LogP contribution in [0.3, 0.4) is 0 Å². The van der Waals surface area contributed by atoms with E-state index < -0.39 is 23.4 Å². The molecule has 1 amide bonds. The van der Waals surface area contributed by atoms with E-state index in [0.29, 0.717) is 41.5 Å². The number of ether oxygens (including phenoxy) is 2. The number of anilines is 1. The van der Waals surface area contributed by atoms with Crippen molar-refractivity contribution in [3.05, 3.63) is 75.3 Å². The number of carbonyl (C=O) groups is 1. The second kappa shape index (κ2) is 8.44. The van der Waals surface area contributed by atoms with Gasteiger partial charge in [-0.1, -0.05) is 42.5 Å². The van der Waals surface area contributed by atoms with Crippen molar-refractivity contribution in [3.63, 3.8) is 0 Å². The van der Waals surface area contributed by atoms with Crippen molar-refractivity contribution in [2.75, 3.05) is 32.1 Å². The van der Waals surface area contributed by atoms with Crippen LogP contribution in [0.15, 0.2) is 49.1 Å². The van der Waals surface area contributed by atoms with Crippen LogP contribution in [0.4, 0.5) is 5.69 Å². The predicted octanol–water partition coefficient (Wildman–Crippen LogP) is 3.83. The molecule has 8 nitrogen and oxygen atoms in total. The molecule has 32 heavy (non-hydrogen) atoms. The summed E-state index contributed by atoms with van der Waals surface area (Å²) in [7, 11) is 1.74. The first-order valence-corrected chi connectivity index (χ1v) is 10.7. The summed E-state index contributed by atoms with van der Waals surface area (Å²) in [5.74, 6) is -0.233. The lowest BCUT2D eigenvalue weighted by Crippen LogP contribution is -2.54. The van der Waals surface area contributed by atoms with E-state index in [2.05, 4.69) is 11.9 Å². The van der Waals surface area contributed by atoms with Crippen LogP contribution in [-0.4, -0.2) is 48.6 Å². The van der Waals surface area contributed by atoms with E-state index >= 15 is 0 Å². The van der Waals surface area contributed by atoms with Gasteiger partial charge in [0.2, 0.25) is 0 Å². The zero-order chi connectivity index (χ0) is 23.0. The lowest BCUT2D eigenvalue weighted by Gasteiger charge is -2.30. The van der Waals surface area contributed by atoms with E-state index in [1.165, 1.54) is 0 Å². The van der Waals surface area contributed by atoms with E-state index in [9.17, 15) is 14.9 Å². The van der Waals surface area contributed by atoms with Gasteiger partial charge in [-0.2, -0.15) is 0 Å². The second-order valence-electron chi connectivity index (χ2n) is 7.85. The number of benzene rings is 2. The smallest absolute Gasteiger partial charge is 0.256 e. The van der Waals surface area contributed by atoms with Crippen molar-refractivity contribution in [3.8, 4) is 11.5 Å². The molecule has 3 atom stereocenters. The Hall–Kier alpha value is -3.10. The van der Waals surface area contributed by atoms with Gasteiger partial charge in [0.25, 0.3) is 11.9 Å². The Morgan fingerprint density at radius 3 is 2.81 bits per heavy atom. The highest BCUT2D eigenvalue weighted by Crippen LogP contribution is 2.53. The summed E-state index contributed by atoms with van der Waals surface area (Å²) in [6, 6.07) is 9.28. The number of hydrogen-bond donors (Lipinski definition) is 1. The molecular weight excluding hydrogens is 434 g/mol. The van der Waals surface area contributed by atoms with Gasteiger partial charge in [0, 0.05) is 22.7 Å². The molecule has 9 heteroatoms. The highest BCUT2D eigenvalue weighted by molar-refractivity contribution is 6.32. The van der Waals surface area contributed by atoms with E-state index in [1.807, 2.05) is 6.92 Å². The van der Waals surface area contributed by atoms with Crippen molar-refractivity contribution in [1.82, 2.24) is 4.90 Å². The third-order valence-electron chi connectivity index (χ3n) is 6.15. The van der Waals surface area contributed by atoms with Crippen LogP contribution in [0.25, 0.3) is 0 Å². The molecule has 0 bridgehead atoms. The first-order valence-electron chi connectivity index (χ1n) is 10.3. The number of likely N-dealkylation sites (tertiary alicyclic amines) is 1. The van der Waals surface area contributed by atoms with E-state index in [1.54, 1.807) is 54.4 Å². The minimum Gasteiger partial charge on any atom is -0.490 e. The molecule has 0 saturated carbocycles. The zero-order valence-corrected chi connectivity index (χ0v) is 18.6. The standard InChI is InChI=1S/C23H24ClN3O5/c1-4-10-32-20-17(24)11-14(12-19(20)31-5-2)15-13-26(3)23(21(15)27(29)30)16-8-6-7-9-18(16)25-22(23)28/h4,6-9,11-12,15,21H,1,5,10,13H2,2-3H3,(H,25,28)/t15-,21-,23-/m0/s1. The molecule has 2 aliphatic heterocycles. The molecular formula is C23H24ClN3O5. The molecule has 2 aliphatic rings. The number of nitrogens with one attached hydrogen (secondary N) is 1. The highest BCUT2D eigenvalue weighted by Gasteiger charge is 2.68. The Morgan fingerprint density at radius 2 is 2.12 bits per heavy atom. The molecule has 2 heterocycles. The number of amides is 1. The number of rotatable bonds is 7. The number of carbonyl (C=O) groups excluding carboxylic acids is 1. The molecule has 1 fully saturated rings. The van der Waals surface area contributed by atoms with Gasteiger partial charge in [-0.05, 0) is 37.7 Å². The molecule has 1 N–H and O–H groups in total. The first kappa shape index (κ1) is 22.1. The summed E-state index contributed by atoms with van der Waals surface area (Å²) in [6.07, 6.45) is 1.59. The minimum absolute atomic E-state index is 0.239. The SMILES string of the molecule is C=CCOc1c(Cl)cc([C@@H]2CN(C)[C@]3(C(=O)Nc4ccccc43)[C@H]2[N+](=O)[O-])cc1OCC. The van der Waals surface area contributed by atoms with Crippen molar-refractivity contribution < 1.29 is 19.2 Å². The molecule has 1 spiro atoms. The fraction of sp³-hybridized carbons (Fsp3) is 0.348. The molecule has 1 saturated heterocycles. The molecule has 4 rings (SSSR count). The molecule has 0 aromatic heterocycles. The van der Waals surface area contributed by atoms with Crippen LogP contribution in [0, 0.1) is 10.1 Å². The van der Waals surface area contributed by atoms with Crippen molar-refractivity contribution >= 4 is 23.2 Å². The van der Waals surface area contributed by atoms with Crippen LogP contribution in [0.1, 0.15) is 24.0 Å². The average Bonchev–Trinajstić information content (AvgIpc) is 3.23. The van der Waals surface area contributed by atoms with Gasteiger partial charge in [-0.15, -0.1) is 0 Å². The number of nitro groups is 1. The van der Waals surface area contributed by atoms with E-state index in [-0.39, 0.29) is 16.6 Å². The lowest BCUT2D eigenvalue weighted by atomic mass is 9.79. The Kier molecular flexibility index (Phi) is 5.83. The maximum absolute atomic E-state index is 13.2. The second-order valence-corrected chi connectivity index (χ2v) is 8.25. The molecule has 0 radical (unpaired) electrons. The topological polar surface area (TPSA) is 93.9 Å². The number of likely N-dealkylation sites (N-methyl/N-ethyl adjacent to an activating group) is 1. The fourth-order valence-electron chi connectivity index (χ4n) is 4.93. The van der Waals surface area contributed by atoms with Crippen LogP contribution in [0.2, 0.25) is 5.02 Å². The van der Waals surface area contributed by atoms with Gasteiger partial charge in [0.05, 0.1) is 17.5 Å². The Balaban J connectivity index is 1.84. The van der Waals surface area contributed by atoms with Gasteiger partial charge >= 0.3 is 0 Å². The lowest BCUT2D eigenvalue weighted by molar-refractivity contribution is -0.534. The quantitative estimate of drug-likeness (QED) is 0.386. The maximum Gasteiger partial charge on any atom is 0.256 e. The molecule has 2 aromatic rings. The Labute approximate surface area is 190 Å². The Bertz CT molecular complexity index is 1090. The minimum atomic E-state index is -1.42. The largest absolute Gasteiger partial charge is 0.490 e. The van der Waals surface area contributed by atoms with Gasteiger partial charge in [-0.25, -0.2) is 0 Å². The maximum atomic E-state index is 13.2. The van der Waals surface area contributed by atoms with Crippen LogP contribution >= 0.6 is 11.6 Å². The molecule has 168 valence electrons. The van der Waals surface area contributed by atoms with Crippen LogP contribution in [0.5, 0.6) is 11.5 Å². The predicted molar refractivity (Wildman–Crippen MR) is 121 cm³/mol. The summed E-state index contributed by atoms with van der Waals surface area (Å²) in [4.78, 5) is 27.1. The number of nitrogens with zero attached hydrogens (tertiary/aromatic N) is 2. The van der Waals surface area contributed by atoms with Gasteiger partial charge in [-0.3, -0.25) is 19.8 Å².